The third kappa shape index (κ3) is 7.98. The minimum atomic E-state index is -1.11. The van der Waals surface area contributed by atoms with E-state index in [4.69, 9.17) is 21.4 Å². The molecule has 0 saturated heterocycles. The molecule has 8 heteroatoms. The van der Waals surface area contributed by atoms with Gasteiger partial charge in [-0.2, -0.15) is 0 Å². The average Bonchev–Trinajstić information content (AvgIpc) is 2.25. The molecule has 19 heavy (non-hydrogen) atoms. The van der Waals surface area contributed by atoms with E-state index < -0.39 is 23.4 Å². The predicted molar refractivity (Wildman–Crippen MR) is 70.0 cm³/mol. The summed E-state index contributed by atoms with van der Waals surface area (Å²) in [5.41, 5.74) is 11.8. The lowest BCUT2D eigenvalue weighted by Gasteiger charge is -2.19. The molecule has 0 radical (unpaired) electrons. The summed E-state index contributed by atoms with van der Waals surface area (Å²) in [6, 6.07) is -0.986. The van der Waals surface area contributed by atoms with Gasteiger partial charge in [-0.3, -0.25) is 9.79 Å². The van der Waals surface area contributed by atoms with Crippen molar-refractivity contribution in [3.05, 3.63) is 0 Å². The number of hydrogen-bond acceptors (Lipinski definition) is 5. The van der Waals surface area contributed by atoms with Gasteiger partial charge in [0.1, 0.15) is 6.04 Å². The Morgan fingerprint density at radius 3 is 2.37 bits per heavy atom. The lowest BCUT2D eigenvalue weighted by Crippen LogP contribution is -2.40. The number of nitrogens with one attached hydrogen (secondary N) is 1. The van der Waals surface area contributed by atoms with Crippen molar-refractivity contribution < 1.29 is 19.5 Å². The average molecular weight is 274 g/mol. The molecular weight excluding hydrogens is 252 g/mol. The number of carbonyl (C=O) groups is 2. The topological polar surface area (TPSA) is 140 Å². The lowest BCUT2D eigenvalue weighted by molar-refractivity contribution is -0.166. The molecule has 0 bridgehead atoms. The molecule has 0 heterocycles. The maximum Gasteiger partial charge on any atom is 0.330 e. The van der Waals surface area contributed by atoms with E-state index in [9.17, 15) is 9.59 Å². The first-order valence-corrected chi connectivity index (χ1v) is 5.89. The molecule has 0 aromatic carbocycles. The molecule has 0 saturated carbocycles. The number of hydrogen-bond donors (Lipinski definition) is 4. The molecule has 6 N–H and O–H groups in total. The summed E-state index contributed by atoms with van der Waals surface area (Å²) >= 11 is 0. The van der Waals surface area contributed by atoms with Gasteiger partial charge >= 0.3 is 11.9 Å². The van der Waals surface area contributed by atoms with E-state index in [1.54, 1.807) is 20.8 Å². The molecule has 0 spiro atoms. The largest absolute Gasteiger partial charge is 0.480 e. The van der Waals surface area contributed by atoms with Gasteiger partial charge in [-0.15, -0.1) is 5.48 Å². The van der Waals surface area contributed by atoms with Crippen molar-refractivity contribution >= 4 is 17.9 Å². The zero-order valence-electron chi connectivity index (χ0n) is 11.5. The van der Waals surface area contributed by atoms with Crippen molar-refractivity contribution in [3.63, 3.8) is 0 Å². The number of carboxylic acids is 1. The van der Waals surface area contributed by atoms with Crippen molar-refractivity contribution in [1.82, 2.24) is 5.48 Å². The van der Waals surface area contributed by atoms with Crippen molar-refractivity contribution in [3.8, 4) is 0 Å². The highest BCUT2D eigenvalue weighted by Crippen LogP contribution is 2.14. The Morgan fingerprint density at radius 2 is 1.95 bits per heavy atom. The Balaban J connectivity index is 4.18. The zero-order valence-corrected chi connectivity index (χ0v) is 11.5. The number of aliphatic imine (C=N–C) groups is 1. The fourth-order valence-corrected chi connectivity index (χ4v) is 1.01. The van der Waals surface area contributed by atoms with Crippen LogP contribution in [0.4, 0.5) is 0 Å². The first kappa shape index (κ1) is 17.2. The van der Waals surface area contributed by atoms with Gasteiger partial charge in [0.05, 0.1) is 5.41 Å². The summed E-state index contributed by atoms with van der Waals surface area (Å²) in [6.45, 7) is 5.34. The van der Waals surface area contributed by atoms with Gasteiger partial charge < -0.3 is 21.4 Å². The molecule has 8 nitrogen and oxygen atoms in total. The normalized spacial score (nSPS) is 12.6. The fraction of sp³-hybridized carbons (Fsp3) is 0.727. The van der Waals surface area contributed by atoms with Crippen LogP contribution in [0.2, 0.25) is 0 Å². The van der Waals surface area contributed by atoms with Crippen molar-refractivity contribution in [1.29, 1.82) is 0 Å². The SMILES string of the molecule is CC(C)(C)C(=O)ON[C@@H](CCCN=C(N)N)C(=O)O. The number of nitrogens with zero attached hydrogens (tertiary/aromatic N) is 1. The molecule has 1 atom stereocenters. The third-order valence-electron chi connectivity index (χ3n) is 2.15. The molecular formula is C11H22N4O4. The summed E-state index contributed by atoms with van der Waals surface area (Å²) in [7, 11) is 0. The van der Waals surface area contributed by atoms with E-state index in [1.807, 2.05) is 0 Å². The molecule has 0 aromatic rings. The number of hydroxylamine groups is 1. The van der Waals surface area contributed by atoms with Crippen LogP contribution in [0.5, 0.6) is 0 Å². The quantitative estimate of drug-likeness (QED) is 0.214. The van der Waals surface area contributed by atoms with E-state index in [0.29, 0.717) is 13.0 Å². The van der Waals surface area contributed by atoms with E-state index in [0.717, 1.165) is 0 Å². The number of carbonyl (C=O) groups excluding carboxylic acids is 1. The lowest BCUT2D eigenvalue weighted by atomic mass is 9.98. The number of carboxylic acid groups (broad SMARTS) is 1. The maximum atomic E-state index is 11.5. The molecule has 0 amide bonds. The van der Waals surface area contributed by atoms with Crippen LogP contribution < -0.4 is 16.9 Å². The van der Waals surface area contributed by atoms with Gasteiger partial charge in [0.15, 0.2) is 5.96 Å². The molecule has 0 rings (SSSR count). The Kier molecular flexibility index (Phi) is 6.84. The monoisotopic (exact) mass is 274 g/mol. The van der Waals surface area contributed by atoms with Crippen LogP contribution in [0.1, 0.15) is 33.6 Å². The summed E-state index contributed by atoms with van der Waals surface area (Å²) in [6.07, 6.45) is 0.693. The first-order valence-electron chi connectivity index (χ1n) is 5.89. The second kappa shape index (κ2) is 7.57. The fourth-order valence-electron chi connectivity index (χ4n) is 1.01. The number of aliphatic carboxylic acids is 1. The first-order chi connectivity index (χ1) is 8.64. The molecule has 0 unspecified atom stereocenters. The number of nitrogens with two attached hydrogens (primary N) is 2. The van der Waals surface area contributed by atoms with Gasteiger partial charge in [-0.1, -0.05) is 0 Å². The predicted octanol–water partition coefficient (Wildman–Crippen LogP) is -0.413. The highest BCUT2D eigenvalue weighted by Gasteiger charge is 2.26. The Hall–Kier alpha value is -1.83. The second-order valence-corrected chi connectivity index (χ2v) is 5.10. The molecule has 110 valence electrons. The maximum absolute atomic E-state index is 11.5. The van der Waals surface area contributed by atoms with Crippen LogP contribution >= 0.6 is 0 Å². The van der Waals surface area contributed by atoms with Crippen molar-refractivity contribution in [2.75, 3.05) is 6.54 Å². The van der Waals surface area contributed by atoms with E-state index >= 15 is 0 Å². The van der Waals surface area contributed by atoms with E-state index in [-0.39, 0.29) is 12.4 Å². The van der Waals surface area contributed by atoms with Crippen LogP contribution in [0, 0.1) is 5.41 Å². The second-order valence-electron chi connectivity index (χ2n) is 5.10. The smallest absolute Gasteiger partial charge is 0.330 e. The van der Waals surface area contributed by atoms with Gasteiger partial charge in [0, 0.05) is 6.54 Å². The Labute approximate surface area is 112 Å². The van der Waals surface area contributed by atoms with E-state index in [1.165, 1.54) is 0 Å². The summed E-state index contributed by atoms with van der Waals surface area (Å²) in [4.78, 5) is 30.9. The number of guanidine groups is 1. The molecule has 0 fully saturated rings. The minimum absolute atomic E-state index is 0.0426. The van der Waals surface area contributed by atoms with Crippen molar-refractivity contribution in [2.24, 2.45) is 21.9 Å². The highest BCUT2D eigenvalue weighted by atomic mass is 16.7. The molecule has 0 aromatic heterocycles. The molecule has 0 aliphatic rings. The summed E-state index contributed by atoms with van der Waals surface area (Å²) < 4.78 is 0. The van der Waals surface area contributed by atoms with Crippen molar-refractivity contribution in [2.45, 2.75) is 39.7 Å². The standard InChI is InChI=1S/C11H22N4O4/c1-11(2,3)9(18)19-15-7(8(16)17)5-4-6-14-10(12)13/h7,15H,4-6H2,1-3H3,(H,16,17)(H4,12,13,14)/t7-/m0/s1. The summed E-state index contributed by atoms with van der Waals surface area (Å²) in [5, 5.41) is 8.96. The zero-order chi connectivity index (χ0) is 15.1. The minimum Gasteiger partial charge on any atom is -0.480 e. The van der Waals surface area contributed by atoms with Crippen LogP contribution in [-0.2, 0) is 14.4 Å². The molecule has 0 aliphatic heterocycles. The summed E-state index contributed by atoms with van der Waals surface area (Å²) in [5.74, 6) is -1.67. The Morgan fingerprint density at radius 1 is 1.37 bits per heavy atom. The van der Waals surface area contributed by atoms with Gasteiger partial charge in [0.2, 0.25) is 0 Å². The molecule has 0 aliphatic carbocycles. The van der Waals surface area contributed by atoms with Crippen LogP contribution in [0.15, 0.2) is 4.99 Å². The Bertz CT molecular complexity index is 345. The van der Waals surface area contributed by atoms with Crippen LogP contribution in [-0.4, -0.2) is 35.6 Å². The van der Waals surface area contributed by atoms with Crippen LogP contribution in [0.3, 0.4) is 0 Å². The van der Waals surface area contributed by atoms with Gasteiger partial charge in [-0.05, 0) is 33.6 Å². The van der Waals surface area contributed by atoms with Gasteiger partial charge in [0.25, 0.3) is 0 Å². The highest BCUT2D eigenvalue weighted by molar-refractivity contribution is 5.76. The van der Waals surface area contributed by atoms with Crippen LogP contribution in [0.25, 0.3) is 0 Å². The third-order valence-corrected chi connectivity index (χ3v) is 2.15. The van der Waals surface area contributed by atoms with Gasteiger partial charge in [-0.25, -0.2) is 4.79 Å². The number of rotatable bonds is 7. The van der Waals surface area contributed by atoms with E-state index in [2.05, 4.69) is 10.5 Å².